The molecule has 20 heavy (non-hydrogen) atoms. The van der Waals surface area contributed by atoms with Gasteiger partial charge in [-0.1, -0.05) is 35.5 Å². The summed E-state index contributed by atoms with van der Waals surface area (Å²) in [6.07, 6.45) is 3.24. The first-order valence-corrected chi connectivity index (χ1v) is 6.58. The van der Waals surface area contributed by atoms with E-state index >= 15 is 0 Å². The van der Waals surface area contributed by atoms with Gasteiger partial charge < -0.3 is 9.26 Å². The third-order valence-corrected chi connectivity index (χ3v) is 2.80. The van der Waals surface area contributed by atoms with Crippen LogP contribution in [0.2, 0.25) is 0 Å². The number of nitrogens with zero attached hydrogens (tertiary/aromatic N) is 2. The Labute approximate surface area is 118 Å². The first-order chi connectivity index (χ1) is 9.78. The molecule has 5 heteroatoms. The molecule has 1 aromatic carbocycles. The van der Waals surface area contributed by atoms with Crippen molar-refractivity contribution in [2.45, 2.75) is 20.0 Å². The smallest absolute Gasteiger partial charge is 0.320 e. The van der Waals surface area contributed by atoms with Crippen molar-refractivity contribution in [2.75, 3.05) is 13.2 Å². The fourth-order valence-corrected chi connectivity index (χ4v) is 1.96. The predicted octanol–water partition coefficient (Wildman–Crippen LogP) is 2.24. The molecule has 2 aromatic rings. The summed E-state index contributed by atoms with van der Waals surface area (Å²) in [5, 5.41) is 3.68. The number of hydrogen-bond donors (Lipinski definition) is 0. The molecule has 2 rings (SSSR count). The molecule has 0 saturated carbocycles. The quantitative estimate of drug-likeness (QED) is 0.725. The molecular formula is C15H18N2O3. The predicted molar refractivity (Wildman–Crippen MR) is 73.7 cm³/mol. The number of benzene rings is 1. The zero-order valence-corrected chi connectivity index (χ0v) is 11.5. The standard InChI is InChI=1S/C15H18N2O3/c1-2-19-15(18)11-17(10-14-8-16-20-12-14)9-13-6-4-3-5-7-13/h3-8,12H,2,9-11H2,1H3. The van der Waals surface area contributed by atoms with E-state index in [1.54, 1.807) is 19.4 Å². The van der Waals surface area contributed by atoms with E-state index in [1.165, 1.54) is 0 Å². The second-order valence-corrected chi connectivity index (χ2v) is 4.47. The van der Waals surface area contributed by atoms with Crippen LogP contribution in [0, 0.1) is 0 Å². The van der Waals surface area contributed by atoms with E-state index in [0.29, 0.717) is 19.7 Å². The highest BCUT2D eigenvalue weighted by Gasteiger charge is 2.13. The number of carbonyl (C=O) groups is 1. The molecule has 106 valence electrons. The van der Waals surface area contributed by atoms with Crippen LogP contribution in [0.4, 0.5) is 0 Å². The summed E-state index contributed by atoms with van der Waals surface area (Å²) in [6, 6.07) is 10.0. The van der Waals surface area contributed by atoms with Gasteiger partial charge in [0.25, 0.3) is 0 Å². The Hall–Kier alpha value is -2.14. The molecule has 5 nitrogen and oxygen atoms in total. The van der Waals surface area contributed by atoms with Crippen molar-refractivity contribution < 1.29 is 14.1 Å². The van der Waals surface area contributed by atoms with Gasteiger partial charge in [-0.3, -0.25) is 9.69 Å². The lowest BCUT2D eigenvalue weighted by atomic mass is 10.2. The van der Waals surface area contributed by atoms with Gasteiger partial charge in [-0.25, -0.2) is 0 Å². The molecule has 0 bridgehead atoms. The van der Waals surface area contributed by atoms with Crippen molar-refractivity contribution in [3.63, 3.8) is 0 Å². The molecule has 0 spiro atoms. The summed E-state index contributed by atoms with van der Waals surface area (Å²) in [6.45, 7) is 3.71. The number of ether oxygens (including phenoxy) is 1. The number of carbonyl (C=O) groups excluding carboxylic acids is 1. The van der Waals surface area contributed by atoms with Crippen LogP contribution in [0.1, 0.15) is 18.1 Å². The topological polar surface area (TPSA) is 55.6 Å². The van der Waals surface area contributed by atoms with Gasteiger partial charge in [0.05, 0.1) is 19.3 Å². The molecular weight excluding hydrogens is 256 g/mol. The SMILES string of the molecule is CCOC(=O)CN(Cc1ccccc1)Cc1cnoc1. The average Bonchev–Trinajstić information content (AvgIpc) is 2.93. The fourth-order valence-electron chi connectivity index (χ4n) is 1.96. The van der Waals surface area contributed by atoms with Gasteiger partial charge in [0, 0.05) is 18.7 Å². The number of rotatable bonds is 7. The van der Waals surface area contributed by atoms with Crippen LogP contribution in [-0.2, 0) is 22.6 Å². The molecule has 0 saturated heterocycles. The fraction of sp³-hybridized carbons (Fsp3) is 0.333. The van der Waals surface area contributed by atoms with E-state index in [4.69, 9.17) is 9.26 Å². The van der Waals surface area contributed by atoms with E-state index < -0.39 is 0 Å². The van der Waals surface area contributed by atoms with Crippen LogP contribution in [0.25, 0.3) is 0 Å². The van der Waals surface area contributed by atoms with E-state index in [9.17, 15) is 4.79 Å². The molecule has 0 radical (unpaired) electrons. The summed E-state index contributed by atoms with van der Waals surface area (Å²) in [5.74, 6) is -0.222. The highest BCUT2D eigenvalue weighted by atomic mass is 16.5. The Morgan fingerprint density at radius 3 is 2.65 bits per heavy atom. The van der Waals surface area contributed by atoms with Gasteiger partial charge in [0.15, 0.2) is 0 Å². The minimum atomic E-state index is -0.222. The minimum Gasteiger partial charge on any atom is -0.465 e. The Bertz CT molecular complexity index is 511. The molecule has 0 aliphatic rings. The molecule has 1 aromatic heterocycles. The molecule has 0 unspecified atom stereocenters. The van der Waals surface area contributed by atoms with Gasteiger partial charge in [0.2, 0.25) is 0 Å². The Balaban J connectivity index is 2.01. The van der Waals surface area contributed by atoms with Crippen molar-refractivity contribution in [3.05, 3.63) is 53.9 Å². The maximum absolute atomic E-state index is 11.7. The molecule has 1 heterocycles. The highest BCUT2D eigenvalue weighted by Crippen LogP contribution is 2.09. The normalized spacial score (nSPS) is 10.7. The zero-order chi connectivity index (χ0) is 14.2. The molecule has 0 atom stereocenters. The number of hydrogen-bond acceptors (Lipinski definition) is 5. The van der Waals surface area contributed by atoms with Gasteiger partial charge in [0.1, 0.15) is 6.26 Å². The monoisotopic (exact) mass is 274 g/mol. The van der Waals surface area contributed by atoms with Gasteiger partial charge in [-0.05, 0) is 12.5 Å². The van der Waals surface area contributed by atoms with Crippen LogP contribution >= 0.6 is 0 Å². The Morgan fingerprint density at radius 2 is 2.00 bits per heavy atom. The third kappa shape index (κ3) is 4.51. The van der Waals surface area contributed by atoms with Crippen LogP contribution in [0.3, 0.4) is 0 Å². The van der Waals surface area contributed by atoms with Crippen molar-refractivity contribution in [1.29, 1.82) is 0 Å². The van der Waals surface area contributed by atoms with Crippen LogP contribution in [-0.4, -0.2) is 29.2 Å². The average molecular weight is 274 g/mol. The molecule has 0 aliphatic heterocycles. The van der Waals surface area contributed by atoms with E-state index in [0.717, 1.165) is 11.1 Å². The van der Waals surface area contributed by atoms with Crippen molar-refractivity contribution >= 4 is 5.97 Å². The van der Waals surface area contributed by atoms with Gasteiger partial charge in [-0.2, -0.15) is 0 Å². The third-order valence-electron chi connectivity index (χ3n) is 2.80. The van der Waals surface area contributed by atoms with Crippen LogP contribution in [0.5, 0.6) is 0 Å². The van der Waals surface area contributed by atoms with Gasteiger partial charge >= 0.3 is 5.97 Å². The van der Waals surface area contributed by atoms with Gasteiger partial charge in [-0.15, -0.1) is 0 Å². The van der Waals surface area contributed by atoms with Crippen molar-refractivity contribution in [1.82, 2.24) is 10.1 Å². The first kappa shape index (κ1) is 14.3. The zero-order valence-electron chi connectivity index (χ0n) is 11.5. The molecule has 0 amide bonds. The summed E-state index contributed by atoms with van der Waals surface area (Å²) >= 11 is 0. The van der Waals surface area contributed by atoms with E-state index in [1.807, 2.05) is 35.2 Å². The highest BCUT2D eigenvalue weighted by molar-refractivity contribution is 5.71. The lowest BCUT2D eigenvalue weighted by Gasteiger charge is -2.20. The number of esters is 1. The summed E-state index contributed by atoms with van der Waals surface area (Å²) < 4.78 is 9.83. The van der Waals surface area contributed by atoms with Crippen molar-refractivity contribution in [2.24, 2.45) is 0 Å². The Kier molecular flexibility index (Phi) is 5.32. The second-order valence-electron chi connectivity index (χ2n) is 4.47. The first-order valence-electron chi connectivity index (χ1n) is 6.58. The lowest BCUT2D eigenvalue weighted by Crippen LogP contribution is -2.30. The second kappa shape index (κ2) is 7.45. The molecule has 0 fully saturated rings. The van der Waals surface area contributed by atoms with E-state index in [2.05, 4.69) is 5.16 Å². The largest absolute Gasteiger partial charge is 0.465 e. The summed E-state index contributed by atoms with van der Waals surface area (Å²) in [5.41, 5.74) is 2.08. The summed E-state index contributed by atoms with van der Waals surface area (Å²) in [4.78, 5) is 13.7. The number of aromatic nitrogens is 1. The molecule has 0 aliphatic carbocycles. The maximum Gasteiger partial charge on any atom is 0.320 e. The minimum absolute atomic E-state index is 0.222. The van der Waals surface area contributed by atoms with Crippen LogP contribution in [0.15, 0.2) is 47.3 Å². The molecule has 0 N–H and O–H groups in total. The van der Waals surface area contributed by atoms with Crippen LogP contribution < -0.4 is 0 Å². The van der Waals surface area contributed by atoms with E-state index in [-0.39, 0.29) is 12.5 Å². The van der Waals surface area contributed by atoms with Crippen molar-refractivity contribution in [3.8, 4) is 0 Å². The Morgan fingerprint density at radius 1 is 1.25 bits per heavy atom. The lowest BCUT2D eigenvalue weighted by molar-refractivity contribution is -0.144. The maximum atomic E-state index is 11.7. The summed E-state index contributed by atoms with van der Waals surface area (Å²) in [7, 11) is 0.